The van der Waals surface area contributed by atoms with Gasteiger partial charge in [-0.1, -0.05) is 18.2 Å². The third-order valence-electron chi connectivity index (χ3n) is 4.61. The van der Waals surface area contributed by atoms with Crippen molar-refractivity contribution in [1.29, 1.82) is 0 Å². The number of carboxylic acid groups (broad SMARTS) is 1. The summed E-state index contributed by atoms with van der Waals surface area (Å²) >= 11 is 0. The first-order valence-corrected chi connectivity index (χ1v) is 8.20. The molecule has 0 bridgehead atoms. The lowest BCUT2D eigenvalue weighted by Gasteiger charge is -2.30. The van der Waals surface area contributed by atoms with Crippen LogP contribution in [0.25, 0.3) is 10.9 Å². The number of methoxy groups -OCH3 is 1. The minimum Gasteiger partial charge on any atom is -0.481 e. The molecule has 6 heteroatoms. The SMILES string of the molecule is COCCn1cc(C(=O)N2CCCC(C(=O)O)C2)c2ccccc21. The molecule has 1 aliphatic heterocycles. The summed E-state index contributed by atoms with van der Waals surface area (Å²) in [5.74, 6) is -1.38. The van der Waals surface area contributed by atoms with Gasteiger partial charge in [-0.15, -0.1) is 0 Å². The highest BCUT2D eigenvalue weighted by Gasteiger charge is 2.29. The van der Waals surface area contributed by atoms with E-state index in [1.165, 1.54) is 0 Å². The number of carboxylic acids is 1. The maximum atomic E-state index is 13.0. The number of para-hydroxylation sites is 1. The van der Waals surface area contributed by atoms with E-state index in [9.17, 15) is 14.7 Å². The van der Waals surface area contributed by atoms with E-state index in [4.69, 9.17) is 4.74 Å². The van der Waals surface area contributed by atoms with Gasteiger partial charge in [0.1, 0.15) is 0 Å². The van der Waals surface area contributed by atoms with Crippen molar-refractivity contribution in [3.05, 3.63) is 36.0 Å². The highest BCUT2D eigenvalue weighted by atomic mass is 16.5. The van der Waals surface area contributed by atoms with Crippen molar-refractivity contribution >= 4 is 22.8 Å². The predicted octanol–water partition coefficient (Wildman–Crippen LogP) is 2.22. The lowest BCUT2D eigenvalue weighted by atomic mass is 9.97. The summed E-state index contributed by atoms with van der Waals surface area (Å²) in [4.78, 5) is 25.9. The Kier molecular flexibility index (Phi) is 4.85. The van der Waals surface area contributed by atoms with E-state index in [1.807, 2.05) is 35.0 Å². The van der Waals surface area contributed by atoms with Crippen LogP contribution in [-0.4, -0.2) is 53.3 Å². The van der Waals surface area contributed by atoms with Gasteiger partial charge in [-0.25, -0.2) is 0 Å². The zero-order chi connectivity index (χ0) is 17.1. The van der Waals surface area contributed by atoms with E-state index in [0.717, 1.165) is 17.3 Å². The molecule has 1 saturated heterocycles. The van der Waals surface area contributed by atoms with Gasteiger partial charge in [0, 0.05) is 43.8 Å². The highest BCUT2D eigenvalue weighted by Crippen LogP contribution is 2.25. The van der Waals surface area contributed by atoms with Crippen molar-refractivity contribution in [2.45, 2.75) is 19.4 Å². The number of nitrogens with zero attached hydrogens (tertiary/aromatic N) is 2. The number of amides is 1. The molecule has 24 heavy (non-hydrogen) atoms. The first kappa shape index (κ1) is 16.5. The maximum absolute atomic E-state index is 13.0. The van der Waals surface area contributed by atoms with Gasteiger partial charge in [-0.3, -0.25) is 9.59 Å². The average molecular weight is 330 g/mol. The number of piperidine rings is 1. The first-order chi connectivity index (χ1) is 11.6. The van der Waals surface area contributed by atoms with Crippen LogP contribution in [0, 0.1) is 5.92 Å². The Hall–Kier alpha value is -2.34. The number of benzene rings is 1. The van der Waals surface area contributed by atoms with Crippen molar-refractivity contribution in [3.8, 4) is 0 Å². The number of carbonyl (C=O) groups excluding carboxylic acids is 1. The molecule has 1 N–H and O–H groups in total. The smallest absolute Gasteiger partial charge is 0.308 e. The number of aliphatic carboxylic acids is 1. The third kappa shape index (κ3) is 3.14. The summed E-state index contributed by atoms with van der Waals surface area (Å²) in [5, 5.41) is 10.1. The van der Waals surface area contributed by atoms with E-state index in [2.05, 4.69) is 0 Å². The fraction of sp³-hybridized carbons (Fsp3) is 0.444. The molecule has 128 valence electrons. The largest absolute Gasteiger partial charge is 0.481 e. The minimum atomic E-state index is -0.824. The number of carbonyl (C=O) groups is 2. The molecule has 2 aromatic rings. The lowest BCUT2D eigenvalue weighted by molar-refractivity contribution is -0.143. The number of fused-ring (bicyclic) bond motifs is 1. The van der Waals surface area contributed by atoms with E-state index in [0.29, 0.717) is 31.7 Å². The fourth-order valence-electron chi connectivity index (χ4n) is 3.33. The number of hydrogen-bond donors (Lipinski definition) is 1. The van der Waals surface area contributed by atoms with Gasteiger partial charge in [0.05, 0.1) is 18.1 Å². The standard InChI is InChI=1S/C18H22N2O4/c1-24-10-9-19-12-15(14-6-2-3-7-16(14)19)17(21)20-8-4-5-13(11-20)18(22)23/h2-3,6-7,12-13H,4-5,8-11H2,1H3,(H,22,23). The molecule has 3 rings (SSSR count). The molecule has 0 radical (unpaired) electrons. The number of ether oxygens (including phenoxy) is 1. The van der Waals surface area contributed by atoms with Gasteiger partial charge in [0.2, 0.25) is 0 Å². The minimum absolute atomic E-state index is 0.0895. The Bertz CT molecular complexity index is 753. The van der Waals surface area contributed by atoms with Gasteiger partial charge in [0.15, 0.2) is 0 Å². The molecule has 1 aromatic heterocycles. The number of rotatable bonds is 5. The molecule has 1 fully saturated rings. The highest BCUT2D eigenvalue weighted by molar-refractivity contribution is 6.07. The van der Waals surface area contributed by atoms with Crippen LogP contribution in [0.2, 0.25) is 0 Å². The Morgan fingerprint density at radius 2 is 2.12 bits per heavy atom. The van der Waals surface area contributed by atoms with Crippen LogP contribution in [0.5, 0.6) is 0 Å². The molecule has 1 amide bonds. The quantitative estimate of drug-likeness (QED) is 0.912. The van der Waals surface area contributed by atoms with Crippen LogP contribution in [0.4, 0.5) is 0 Å². The van der Waals surface area contributed by atoms with Crippen LogP contribution in [0.3, 0.4) is 0 Å². The number of likely N-dealkylation sites (tertiary alicyclic amines) is 1. The van der Waals surface area contributed by atoms with Crippen molar-refractivity contribution in [1.82, 2.24) is 9.47 Å². The van der Waals surface area contributed by atoms with Gasteiger partial charge in [-0.2, -0.15) is 0 Å². The summed E-state index contributed by atoms with van der Waals surface area (Å²) in [6.07, 6.45) is 3.22. The molecular weight excluding hydrogens is 308 g/mol. The predicted molar refractivity (Wildman–Crippen MR) is 90.1 cm³/mol. The lowest BCUT2D eigenvalue weighted by Crippen LogP contribution is -2.42. The summed E-state index contributed by atoms with van der Waals surface area (Å²) in [6, 6.07) is 7.78. The normalized spacial score (nSPS) is 18.0. The molecule has 2 heterocycles. The molecule has 1 atom stereocenters. The van der Waals surface area contributed by atoms with Crippen LogP contribution >= 0.6 is 0 Å². The van der Waals surface area contributed by atoms with E-state index in [-0.39, 0.29) is 12.5 Å². The van der Waals surface area contributed by atoms with Crippen LogP contribution < -0.4 is 0 Å². The first-order valence-electron chi connectivity index (χ1n) is 8.20. The van der Waals surface area contributed by atoms with E-state index < -0.39 is 11.9 Å². The summed E-state index contributed by atoms with van der Waals surface area (Å²) < 4.78 is 7.16. The van der Waals surface area contributed by atoms with E-state index in [1.54, 1.807) is 12.0 Å². The molecule has 1 aromatic carbocycles. The second kappa shape index (κ2) is 7.05. The van der Waals surface area contributed by atoms with E-state index >= 15 is 0 Å². The summed E-state index contributed by atoms with van der Waals surface area (Å²) in [5.41, 5.74) is 1.62. The van der Waals surface area contributed by atoms with Crippen LogP contribution in [-0.2, 0) is 16.1 Å². The van der Waals surface area contributed by atoms with Gasteiger partial charge < -0.3 is 19.3 Å². The number of hydrogen-bond acceptors (Lipinski definition) is 3. The second-order valence-corrected chi connectivity index (χ2v) is 6.17. The average Bonchev–Trinajstić information content (AvgIpc) is 2.98. The Labute approximate surface area is 140 Å². The maximum Gasteiger partial charge on any atom is 0.308 e. The van der Waals surface area contributed by atoms with Gasteiger partial charge >= 0.3 is 5.97 Å². The van der Waals surface area contributed by atoms with Crippen molar-refractivity contribution in [3.63, 3.8) is 0 Å². The van der Waals surface area contributed by atoms with Crippen molar-refractivity contribution < 1.29 is 19.4 Å². The molecule has 1 aliphatic rings. The fourth-order valence-corrected chi connectivity index (χ4v) is 3.33. The Balaban J connectivity index is 1.90. The summed E-state index contributed by atoms with van der Waals surface area (Å²) in [6.45, 7) is 2.13. The van der Waals surface area contributed by atoms with Gasteiger partial charge in [0.25, 0.3) is 5.91 Å². The topological polar surface area (TPSA) is 71.8 Å². The van der Waals surface area contributed by atoms with Crippen LogP contribution in [0.15, 0.2) is 30.5 Å². The molecule has 0 aliphatic carbocycles. The zero-order valence-corrected chi connectivity index (χ0v) is 13.8. The van der Waals surface area contributed by atoms with Crippen molar-refractivity contribution in [2.75, 3.05) is 26.8 Å². The van der Waals surface area contributed by atoms with Crippen molar-refractivity contribution in [2.24, 2.45) is 5.92 Å². The Morgan fingerprint density at radius 1 is 1.33 bits per heavy atom. The van der Waals surface area contributed by atoms with Gasteiger partial charge in [-0.05, 0) is 18.9 Å². The Morgan fingerprint density at radius 3 is 2.88 bits per heavy atom. The zero-order valence-electron chi connectivity index (χ0n) is 13.8. The monoisotopic (exact) mass is 330 g/mol. The summed E-state index contributed by atoms with van der Waals surface area (Å²) in [7, 11) is 1.65. The second-order valence-electron chi connectivity index (χ2n) is 6.17. The number of aromatic nitrogens is 1. The molecule has 0 saturated carbocycles. The third-order valence-corrected chi connectivity index (χ3v) is 4.61. The molecular formula is C18H22N2O4. The molecule has 1 unspecified atom stereocenters. The van der Waals surface area contributed by atoms with Crippen LogP contribution in [0.1, 0.15) is 23.2 Å². The molecule has 6 nitrogen and oxygen atoms in total. The molecule has 0 spiro atoms.